The standard InChI is InChI=1S/C29H42O2/c1-19(13-14-25-20(2)12-10-16-28(25,6)7)11-9-17-29(8)18-15-24-23(5)26(30)21(3)22(4)27(24)31-29/h9,11,13-14,17,20,25,30H,10,12,15-16,18H2,1-8H3. The summed E-state index contributed by atoms with van der Waals surface area (Å²) < 4.78 is 6.50. The fraction of sp³-hybridized carbons (Fsp3) is 0.586. The summed E-state index contributed by atoms with van der Waals surface area (Å²) in [5.41, 5.74) is 5.44. The van der Waals surface area contributed by atoms with Gasteiger partial charge in [0.1, 0.15) is 17.1 Å². The van der Waals surface area contributed by atoms with Crippen LogP contribution in [0.2, 0.25) is 0 Å². The summed E-state index contributed by atoms with van der Waals surface area (Å²) >= 11 is 0. The molecule has 31 heavy (non-hydrogen) atoms. The first-order chi connectivity index (χ1) is 14.4. The monoisotopic (exact) mass is 422 g/mol. The largest absolute Gasteiger partial charge is 0.507 e. The fourth-order valence-corrected chi connectivity index (χ4v) is 5.54. The second-order valence-corrected chi connectivity index (χ2v) is 11.0. The molecule has 3 rings (SSSR count). The van der Waals surface area contributed by atoms with Crippen LogP contribution in [0.4, 0.5) is 0 Å². The first-order valence-electron chi connectivity index (χ1n) is 12.0. The predicted octanol–water partition coefficient (Wildman–Crippen LogP) is 7.92. The normalized spacial score (nSPS) is 28.7. The average molecular weight is 423 g/mol. The van der Waals surface area contributed by atoms with E-state index in [1.54, 1.807) is 0 Å². The van der Waals surface area contributed by atoms with E-state index < -0.39 is 0 Å². The van der Waals surface area contributed by atoms with E-state index in [0.717, 1.165) is 46.8 Å². The average Bonchev–Trinajstić information content (AvgIpc) is 2.69. The lowest BCUT2D eigenvalue weighted by atomic mass is 9.64. The minimum absolute atomic E-state index is 0.325. The van der Waals surface area contributed by atoms with Crippen molar-refractivity contribution in [3.63, 3.8) is 0 Å². The van der Waals surface area contributed by atoms with Crippen molar-refractivity contribution in [2.24, 2.45) is 17.3 Å². The number of phenolic OH excluding ortho intramolecular Hbond substituents is 1. The van der Waals surface area contributed by atoms with Gasteiger partial charge in [-0.15, -0.1) is 0 Å². The van der Waals surface area contributed by atoms with E-state index in [0.29, 0.717) is 17.1 Å². The van der Waals surface area contributed by atoms with Crippen molar-refractivity contribution in [2.45, 2.75) is 93.1 Å². The predicted molar refractivity (Wildman–Crippen MR) is 132 cm³/mol. The van der Waals surface area contributed by atoms with Crippen LogP contribution in [0.25, 0.3) is 0 Å². The molecular formula is C29H42O2. The lowest BCUT2D eigenvalue weighted by Gasteiger charge is -2.41. The van der Waals surface area contributed by atoms with E-state index in [-0.39, 0.29) is 5.60 Å². The number of phenols is 1. The third-order valence-electron chi connectivity index (χ3n) is 7.92. The summed E-state index contributed by atoms with van der Waals surface area (Å²) in [7, 11) is 0. The third kappa shape index (κ3) is 4.94. The van der Waals surface area contributed by atoms with Crippen LogP contribution >= 0.6 is 0 Å². The summed E-state index contributed by atoms with van der Waals surface area (Å²) in [4.78, 5) is 0. The molecule has 1 N–H and O–H groups in total. The van der Waals surface area contributed by atoms with Gasteiger partial charge in [-0.1, -0.05) is 63.5 Å². The van der Waals surface area contributed by atoms with E-state index >= 15 is 0 Å². The van der Waals surface area contributed by atoms with Gasteiger partial charge in [-0.2, -0.15) is 0 Å². The van der Waals surface area contributed by atoms with Crippen molar-refractivity contribution in [1.29, 1.82) is 0 Å². The van der Waals surface area contributed by atoms with Crippen molar-refractivity contribution in [2.75, 3.05) is 0 Å². The molecule has 3 atom stereocenters. The molecule has 0 radical (unpaired) electrons. The Morgan fingerprint density at radius 3 is 2.45 bits per heavy atom. The van der Waals surface area contributed by atoms with Crippen molar-refractivity contribution in [1.82, 2.24) is 0 Å². The van der Waals surface area contributed by atoms with Gasteiger partial charge >= 0.3 is 0 Å². The molecule has 1 heterocycles. The minimum Gasteiger partial charge on any atom is -0.507 e. The number of rotatable bonds is 4. The number of hydrogen-bond acceptors (Lipinski definition) is 2. The molecule has 170 valence electrons. The Labute approximate surface area is 190 Å². The molecule has 3 unspecified atom stereocenters. The van der Waals surface area contributed by atoms with Gasteiger partial charge in [-0.3, -0.25) is 0 Å². The Morgan fingerprint density at radius 1 is 1.06 bits per heavy atom. The van der Waals surface area contributed by atoms with Gasteiger partial charge in [-0.05, 0) is 93.9 Å². The molecule has 0 bridgehead atoms. The van der Waals surface area contributed by atoms with E-state index in [9.17, 15) is 5.11 Å². The second kappa shape index (κ2) is 8.88. The zero-order chi connectivity index (χ0) is 23.0. The van der Waals surface area contributed by atoms with Crippen molar-refractivity contribution >= 4 is 0 Å². The van der Waals surface area contributed by atoms with Gasteiger partial charge in [0.05, 0.1) is 0 Å². The quantitative estimate of drug-likeness (QED) is 0.499. The van der Waals surface area contributed by atoms with Gasteiger partial charge in [0.15, 0.2) is 0 Å². The highest BCUT2D eigenvalue weighted by Crippen LogP contribution is 2.45. The highest BCUT2D eigenvalue weighted by Gasteiger charge is 2.35. The third-order valence-corrected chi connectivity index (χ3v) is 7.92. The van der Waals surface area contributed by atoms with E-state index in [2.05, 4.69) is 65.0 Å². The Hall–Kier alpha value is -1.96. The molecule has 1 aliphatic heterocycles. The van der Waals surface area contributed by atoms with Gasteiger partial charge < -0.3 is 9.84 Å². The molecular weight excluding hydrogens is 380 g/mol. The van der Waals surface area contributed by atoms with E-state index in [1.165, 1.54) is 24.8 Å². The summed E-state index contributed by atoms with van der Waals surface area (Å²) in [5, 5.41) is 10.4. The number of fused-ring (bicyclic) bond motifs is 1. The van der Waals surface area contributed by atoms with Crippen LogP contribution in [-0.2, 0) is 6.42 Å². The molecule has 2 nitrogen and oxygen atoms in total. The molecule has 0 saturated heterocycles. The van der Waals surface area contributed by atoms with E-state index in [4.69, 9.17) is 4.74 Å². The maximum absolute atomic E-state index is 10.4. The Balaban J connectivity index is 1.73. The van der Waals surface area contributed by atoms with Crippen molar-refractivity contribution < 1.29 is 9.84 Å². The van der Waals surface area contributed by atoms with E-state index in [1.807, 2.05) is 20.8 Å². The first-order valence-corrected chi connectivity index (χ1v) is 12.0. The number of allylic oxidation sites excluding steroid dienone is 5. The maximum atomic E-state index is 10.4. The second-order valence-electron chi connectivity index (χ2n) is 11.0. The molecule has 2 aliphatic rings. The van der Waals surface area contributed by atoms with Crippen LogP contribution in [0.1, 0.15) is 82.6 Å². The molecule has 0 amide bonds. The van der Waals surface area contributed by atoms with Crippen molar-refractivity contribution in [3.05, 3.63) is 58.2 Å². The van der Waals surface area contributed by atoms with Crippen LogP contribution in [0.5, 0.6) is 11.5 Å². The van der Waals surface area contributed by atoms with Crippen molar-refractivity contribution in [3.8, 4) is 11.5 Å². The molecule has 1 saturated carbocycles. The SMILES string of the molecule is CC(C=CC1C(C)CCCC1(C)C)=CC=CC1(C)CCc2c(C)c(O)c(C)c(C)c2O1. The van der Waals surface area contributed by atoms with Crippen LogP contribution in [-0.4, -0.2) is 10.7 Å². The Morgan fingerprint density at radius 2 is 1.77 bits per heavy atom. The Bertz CT molecular complexity index is 915. The number of aromatic hydroxyl groups is 1. The van der Waals surface area contributed by atoms with Gasteiger partial charge in [0.25, 0.3) is 0 Å². The zero-order valence-corrected chi connectivity index (χ0v) is 20.9. The minimum atomic E-state index is -0.325. The van der Waals surface area contributed by atoms with Gasteiger partial charge in [-0.25, -0.2) is 0 Å². The van der Waals surface area contributed by atoms with Crippen LogP contribution in [0, 0.1) is 38.0 Å². The summed E-state index contributed by atoms with van der Waals surface area (Å²) in [6.45, 7) is 17.6. The fourth-order valence-electron chi connectivity index (χ4n) is 5.54. The number of hydrogen-bond donors (Lipinski definition) is 1. The van der Waals surface area contributed by atoms with Gasteiger partial charge in [0, 0.05) is 5.56 Å². The molecule has 1 aromatic carbocycles. The Kier molecular flexibility index (Phi) is 6.79. The highest BCUT2D eigenvalue weighted by molar-refractivity contribution is 5.58. The lowest BCUT2D eigenvalue weighted by molar-refractivity contribution is 0.112. The summed E-state index contributed by atoms with van der Waals surface area (Å²) in [5.74, 6) is 2.78. The lowest BCUT2D eigenvalue weighted by Crippen LogP contribution is -2.35. The van der Waals surface area contributed by atoms with Crippen LogP contribution < -0.4 is 4.74 Å². The van der Waals surface area contributed by atoms with Crippen LogP contribution in [0.3, 0.4) is 0 Å². The smallest absolute Gasteiger partial charge is 0.127 e. The maximum Gasteiger partial charge on any atom is 0.127 e. The summed E-state index contributed by atoms with van der Waals surface area (Å²) in [6, 6.07) is 0. The molecule has 0 aromatic heterocycles. The number of benzene rings is 1. The molecule has 1 fully saturated rings. The molecule has 0 spiro atoms. The topological polar surface area (TPSA) is 29.5 Å². The molecule has 1 aromatic rings. The molecule has 2 heteroatoms. The first kappa shape index (κ1) is 23.7. The van der Waals surface area contributed by atoms with Crippen LogP contribution in [0.15, 0.2) is 36.0 Å². The highest BCUT2D eigenvalue weighted by atomic mass is 16.5. The van der Waals surface area contributed by atoms with Gasteiger partial charge in [0.2, 0.25) is 0 Å². The molecule has 1 aliphatic carbocycles. The summed E-state index contributed by atoms with van der Waals surface area (Å²) in [6.07, 6.45) is 17.1. The zero-order valence-electron chi connectivity index (χ0n) is 20.9. The number of ether oxygens (including phenoxy) is 1.